The molecule has 108 valence electrons. The van der Waals surface area contributed by atoms with E-state index in [2.05, 4.69) is 35.7 Å². The van der Waals surface area contributed by atoms with Gasteiger partial charge in [-0.05, 0) is 61.1 Å². The second-order valence-corrected chi connectivity index (χ2v) is 7.13. The Bertz CT molecular complexity index is 480. The lowest BCUT2D eigenvalue weighted by Gasteiger charge is -2.24. The molecule has 1 N–H and O–H groups in total. The third-order valence-electron chi connectivity index (χ3n) is 4.45. The first-order valence-corrected chi connectivity index (χ1v) is 8.74. The molecule has 0 aromatic heterocycles. The summed E-state index contributed by atoms with van der Waals surface area (Å²) in [5.74, 6) is 1.19. The van der Waals surface area contributed by atoms with Crippen molar-refractivity contribution in [1.82, 2.24) is 5.32 Å². The molecule has 1 fully saturated rings. The van der Waals surface area contributed by atoms with Gasteiger partial charge in [0.05, 0.1) is 5.85 Å². The number of piperidine rings is 1. The fourth-order valence-electron chi connectivity index (χ4n) is 3.19. The van der Waals surface area contributed by atoms with Gasteiger partial charge in [0.2, 0.25) is 0 Å². The molecule has 2 unspecified atom stereocenters. The van der Waals surface area contributed by atoms with Crippen LogP contribution >= 0.6 is 8.58 Å². The van der Waals surface area contributed by atoms with Crippen LogP contribution in [0.15, 0.2) is 24.3 Å². The lowest BCUT2D eigenvalue weighted by atomic mass is 9.91. The topological polar surface area (TPSA) is 21.3 Å². The number of methoxy groups -OCH3 is 1. The van der Waals surface area contributed by atoms with Crippen molar-refractivity contribution in [3.05, 3.63) is 35.4 Å². The molecule has 1 aromatic rings. The van der Waals surface area contributed by atoms with Crippen molar-refractivity contribution in [1.29, 1.82) is 0 Å². The Morgan fingerprint density at radius 3 is 2.95 bits per heavy atom. The van der Waals surface area contributed by atoms with E-state index in [1.807, 2.05) is 7.11 Å². The first-order chi connectivity index (χ1) is 9.86. The Labute approximate surface area is 123 Å². The normalized spacial score (nSPS) is 23.9. The Morgan fingerprint density at radius 2 is 2.15 bits per heavy atom. The summed E-state index contributed by atoms with van der Waals surface area (Å²) in [5, 5.41) is 4.99. The monoisotopic (exact) mass is 289 g/mol. The summed E-state index contributed by atoms with van der Waals surface area (Å²) in [7, 11) is 2.57. The van der Waals surface area contributed by atoms with Crippen LogP contribution in [0.2, 0.25) is 0 Å². The van der Waals surface area contributed by atoms with Gasteiger partial charge in [0.1, 0.15) is 0 Å². The van der Waals surface area contributed by atoms with Crippen LogP contribution in [0, 0.1) is 5.92 Å². The molecular formula is C17H24NOP. The van der Waals surface area contributed by atoms with E-state index in [0.717, 1.165) is 14.5 Å². The summed E-state index contributed by atoms with van der Waals surface area (Å²) >= 11 is 0. The molecule has 2 aliphatic heterocycles. The Morgan fingerprint density at radius 1 is 1.30 bits per heavy atom. The second-order valence-electron chi connectivity index (χ2n) is 5.77. The van der Waals surface area contributed by atoms with Gasteiger partial charge in [-0.2, -0.15) is 0 Å². The number of hydrogen-bond acceptors (Lipinski definition) is 2. The van der Waals surface area contributed by atoms with Crippen LogP contribution in [-0.4, -0.2) is 26.0 Å². The number of aryl methyl sites for hydroxylation is 1. The molecule has 0 amide bonds. The Hall–Kier alpha value is -0.690. The average Bonchev–Trinajstić information content (AvgIpc) is 2.53. The van der Waals surface area contributed by atoms with E-state index in [1.165, 1.54) is 49.6 Å². The van der Waals surface area contributed by atoms with Crippen LogP contribution in [0.25, 0.3) is 6.08 Å². The van der Waals surface area contributed by atoms with Crippen molar-refractivity contribution in [3.8, 4) is 0 Å². The van der Waals surface area contributed by atoms with E-state index in [4.69, 9.17) is 4.74 Å². The van der Waals surface area contributed by atoms with Gasteiger partial charge in [-0.25, -0.2) is 0 Å². The Balaban J connectivity index is 1.69. The first-order valence-electron chi connectivity index (χ1n) is 7.67. The van der Waals surface area contributed by atoms with Gasteiger partial charge in [0, 0.05) is 7.11 Å². The molecule has 2 heterocycles. The van der Waals surface area contributed by atoms with E-state index < -0.39 is 0 Å². The average molecular weight is 289 g/mol. The third kappa shape index (κ3) is 3.31. The van der Waals surface area contributed by atoms with Crippen molar-refractivity contribution in [2.75, 3.05) is 20.2 Å². The molecule has 2 atom stereocenters. The first kappa shape index (κ1) is 14.3. The standard InChI is InChI=1S/C17H24NOP/c1-19-16-8-7-15-4-2-3-14(17(15)20-16)6-5-13-9-11-18-12-10-13/h2-4,7-8,13,16,18,20H,5-6,9-12H2,1H3. The van der Waals surface area contributed by atoms with E-state index >= 15 is 0 Å². The van der Waals surface area contributed by atoms with E-state index in [0.29, 0.717) is 0 Å². The van der Waals surface area contributed by atoms with Crippen molar-refractivity contribution in [2.45, 2.75) is 31.5 Å². The maximum Gasteiger partial charge on any atom is 0.0957 e. The minimum absolute atomic E-state index is 0.280. The highest BCUT2D eigenvalue weighted by atomic mass is 31.1. The number of hydrogen-bond donors (Lipinski definition) is 1. The molecule has 1 aromatic carbocycles. The van der Waals surface area contributed by atoms with Gasteiger partial charge in [-0.3, -0.25) is 0 Å². The lowest BCUT2D eigenvalue weighted by molar-refractivity contribution is 0.206. The molecule has 1 saturated heterocycles. The molecule has 0 aliphatic carbocycles. The summed E-state index contributed by atoms with van der Waals surface area (Å²) in [6, 6.07) is 6.76. The van der Waals surface area contributed by atoms with Gasteiger partial charge < -0.3 is 10.1 Å². The smallest absolute Gasteiger partial charge is 0.0957 e. The van der Waals surface area contributed by atoms with Gasteiger partial charge in [-0.1, -0.05) is 38.9 Å². The largest absolute Gasteiger partial charge is 0.373 e. The quantitative estimate of drug-likeness (QED) is 0.861. The van der Waals surface area contributed by atoms with Crippen LogP contribution in [0.1, 0.15) is 30.4 Å². The molecule has 3 heteroatoms. The number of nitrogens with one attached hydrogen (secondary N) is 1. The molecule has 2 aliphatic rings. The number of ether oxygens (including phenoxy) is 1. The summed E-state index contributed by atoms with van der Waals surface area (Å²) in [5.41, 5.74) is 2.95. The summed E-state index contributed by atoms with van der Waals surface area (Å²) in [6.07, 6.45) is 9.68. The van der Waals surface area contributed by atoms with Gasteiger partial charge >= 0.3 is 0 Å². The highest BCUT2D eigenvalue weighted by molar-refractivity contribution is 7.48. The van der Waals surface area contributed by atoms with Crippen LogP contribution < -0.4 is 10.6 Å². The number of fused-ring (bicyclic) bond motifs is 1. The molecule has 0 bridgehead atoms. The maximum absolute atomic E-state index is 5.51. The van der Waals surface area contributed by atoms with Crippen molar-refractivity contribution in [2.24, 2.45) is 5.92 Å². The molecular weight excluding hydrogens is 265 g/mol. The minimum atomic E-state index is 0.280. The van der Waals surface area contributed by atoms with Crippen LogP contribution in [0.4, 0.5) is 0 Å². The number of benzene rings is 1. The van der Waals surface area contributed by atoms with E-state index in [1.54, 1.807) is 5.56 Å². The fourth-order valence-corrected chi connectivity index (χ4v) is 4.51. The van der Waals surface area contributed by atoms with Gasteiger partial charge in [0.15, 0.2) is 0 Å². The SMILES string of the molecule is COC1C=Cc2cccc(CCC3CCNCC3)c2P1. The van der Waals surface area contributed by atoms with Crippen LogP contribution in [-0.2, 0) is 11.2 Å². The highest BCUT2D eigenvalue weighted by Gasteiger charge is 2.18. The van der Waals surface area contributed by atoms with Crippen molar-refractivity contribution >= 4 is 20.0 Å². The summed E-state index contributed by atoms with van der Waals surface area (Å²) in [4.78, 5) is 0. The van der Waals surface area contributed by atoms with Crippen LogP contribution in [0.5, 0.6) is 0 Å². The van der Waals surface area contributed by atoms with Crippen molar-refractivity contribution < 1.29 is 4.74 Å². The molecule has 0 radical (unpaired) electrons. The zero-order valence-corrected chi connectivity index (χ0v) is 13.2. The molecule has 2 nitrogen and oxygen atoms in total. The number of rotatable bonds is 4. The summed E-state index contributed by atoms with van der Waals surface area (Å²) in [6.45, 7) is 2.40. The highest BCUT2D eigenvalue weighted by Crippen LogP contribution is 2.30. The zero-order valence-electron chi connectivity index (χ0n) is 12.2. The van der Waals surface area contributed by atoms with E-state index in [9.17, 15) is 0 Å². The molecule has 0 saturated carbocycles. The van der Waals surface area contributed by atoms with Crippen LogP contribution in [0.3, 0.4) is 0 Å². The predicted molar refractivity (Wildman–Crippen MR) is 88.1 cm³/mol. The van der Waals surface area contributed by atoms with Gasteiger partial charge in [-0.15, -0.1) is 0 Å². The Kier molecular flexibility index (Phi) is 4.88. The maximum atomic E-state index is 5.51. The summed E-state index contributed by atoms with van der Waals surface area (Å²) < 4.78 is 5.51. The zero-order chi connectivity index (χ0) is 13.8. The fraction of sp³-hybridized carbons (Fsp3) is 0.529. The third-order valence-corrected chi connectivity index (χ3v) is 6.07. The second kappa shape index (κ2) is 6.85. The lowest BCUT2D eigenvalue weighted by Crippen LogP contribution is -2.28. The molecule has 0 spiro atoms. The minimum Gasteiger partial charge on any atom is -0.373 e. The molecule has 20 heavy (non-hydrogen) atoms. The molecule has 3 rings (SSSR count). The van der Waals surface area contributed by atoms with E-state index in [-0.39, 0.29) is 5.85 Å². The van der Waals surface area contributed by atoms with Crippen molar-refractivity contribution in [3.63, 3.8) is 0 Å². The van der Waals surface area contributed by atoms with Gasteiger partial charge in [0.25, 0.3) is 0 Å². The predicted octanol–water partition coefficient (Wildman–Crippen LogP) is 2.92.